The zero-order valence-electron chi connectivity index (χ0n) is 7.35. The summed E-state index contributed by atoms with van der Waals surface area (Å²) in [6.07, 6.45) is 0. The van der Waals surface area contributed by atoms with Crippen LogP contribution in [0.5, 0.6) is 0 Å². The maximum atomic E-state index is 4.93. The molecule has 0 atom stereocenters. The molecular formula is C8H11Cl3CrN-2. The summed E-state index contributed by atoms with van der Waals surface area (Å²) in [5, 5.41) is 0. The van der Waals surface area contributed by atoms with Gasteiger partial charge in [0.15, 0.2) is 0 Å². The van der Waals surface area contributed by atoms with Gasteiger partial charge in [0.05, 0.1) is 0 Å². The van der Waals surface area contributed by atoms with E-state index in [1.807, 2.05) is 19.1 Å². The summed E-state index contributed by atoms with van der Waals surface area (Å²) < 4.78 is 0. The molecule has 1 aromatic carbocycles. The van der Waals surface area contributed by atoms with Gasteiger partial charge in [-0.25, -0.2) is 0 Å². The van der Waals surface area contributed by atoms with E-state index in [1.54, 1.807) is 0 Å². The van der Waals surface area contributed by atoms with Crippen molar-refractivity contribution in [3.8, 4) is 0 Å². The molecule has 0 amide bonds. The molecule has 1 aromatic rings. The van der Waals surface area contributed by atoms with Crippen LogP contribution in [0.15, 0.2) is 18.2 Å². The molecule has 5 heteroatoms. The summed E-state index contributed by atoms with van der Waals surface area (Å²) in [5.74, 6) is 0. The quantitative estimate of drug-likeness (QED) is 0.606. The molecule has 0 aliphatic carbocycles. The van der Waals surface area contributed by atoms with E-state index in [0.29, 0.717) is 0 Å². The molecule has 1 rings (SSSR count). The standard InChI is InChI=1S/C8H9.3ClH.Cr.H2N/c1-7-4-3-5-8(2)6-7;;;;;/h3-4,6H,1-2H3;3*1H;;1H2/q-1;;;;+3;-1/p-3. The third-order valence-electron chi connectivity index (χ3n) is 1.10. The first-order valence-electron chi connectivity index (χ1n) is 3.20. The molecule has 0 spiro atoms. The van der Waals surface area contributed by atoms with Gasteiger partial charge in [0.2, 0.25) is 0 Å². The van der Waals surface area contributed by atoms with Crippen LogP contribution in [0.25, 0.3) is 6.15 Å². The van der Waals surface area contributed by atoms with Crippen LogP contribution in [0.4, 0.5) is 0 Å². The first kappa shape index (κ1) is 16.0. The Hall–Kier alpha value is 0.582. The molecule has 0 radical (unpaired) electrons. The first-order valence-corrected chi connectivity index (χ1v) is 8.46. The van der Waals surface area contributed by atoms with Crippen molar-refractivity contribution in [2.75, 3.05) is 0 Å². The maximum Gasteiger partial charge on any atom is -0.693 e. The van der Waals surface area contributed by atoms with E-state index in [-0.39, 0.29) is 6.15 Å². The van der Waals surface area contributed by atoms with Crippen molar-refractivity contribution in [2.45, 2.75) is 13.8 Å². The average molecular weight is 280 g/mol. The summed E-state index contributed by atoms with van der Waals surface area (Å²) in [6, 6.07) is 9.18. The summed E-state index contributed by atoms with van der Waals surface area (Å²) >= 11 is -1.62. The topological polar surface area (TPSA) is 33.5 Å². The van der Waals surface area contributed by atoms with Gasteiger partial charge in [0.25, 0.3) is 0 Å². The van der Waals surface area contributed by atoms with E-state index >= 15 is 0 Å². The van der Waals surface area contributed by atoms with Crippen LogP contribution >= 0.6 is 30.1 Å². The van der Waals surface area contributed by atoms with Gasteiger partial charge in [-0.05, 0) is 0 Å². The molecule has 0 unspecified atom stereocenters. The Labute approximate surface area is 96.6 Å². The van der Waals surface area contributed by atoms with Crippen molar-refractivity contribution in [2.24, 2.45) is 0 Å². The van der Waals surface area contributed by atoms with Gasteiger partial charge in [0.1, 0.15) is 0 Å². The fourth-order valence-corrected chi connectivity index (χ4v) is 0.736. The minimum atomic E-state index is -1.62. The van der Waals surface area contributed by atoms with Gasteiger partial charge in [-0.2, -0.15) is 35.4 Å². The van der Waals surface area contributed by atoms with Gasteiger partial charge in [-0.15, -0.1) is 0 Å². The molecule has 0 heterocycles. The van der Waals surface area contributed by atoms with E-state index < -0.39 is 11.4 Å². The van der Waals surface area contributed by atoms with Gasteiger partial charge < -0.3 is 6.15 Å². The number of aryl methyl sites for hydroxylation is 2. The third kappa shape index (κ3) is 12.6. The number of halogens is 3. The van der Waals surface area contributed by atoms with E-state index in [9.17, 15) is 0 Å². The van der Waals surface area contributed by atoms with Crippen molar-refractivity contribution in [1.29, 1.82) is 0 Å². The summed E-state index contributed by atoms with van der Waals surface area (Å²) in [7, 11) is 14.8. The molecule has 0 saturated carbocycles. The van der Waals surface area contributed by atoms with Crippen molar-refractivity contribution in [1.82, 2.24) is 0 Å². The Bertz CT molecular complexity index is 210. The second-order valence-electron chi connectivity index (χ2n) is 2.22. The van der Waals surface area contributed by atoms with Crippen LogP contribution in [0.1, 0.15) is 11.1 Å². The number of hydrogen-bond acceptors (Lipinski definition) is 0. The molecule has 0 aromatic heterocycles. The van der Waals surface area contributed by atoms with E-state index in [1.165, 1.54) is 11.1 Å². The number of hydrogen-bond donors (Lipinski definition) is 0. The normalized spacial score (nSPS) is 8.46. The minimum absolute atomic E-state index is 0. The van der Waals surface area contributed by atoms with Gasteiger partial charge in [0, 0.05) is 0 Å². The molecular weight excluding hydrogens is 268 g/mol. The van der Waals surface area contributed by atoms with E-state index in [2.05, 4.69) is 19.1 Å². The molecule has 1 nitrogen and oxygen atoms in total. The SMILES string of the molecule is Cc1[c-]ccc(C)c1.[Cl][Cr]([Cl])[Cl].[NH2-]. The van der Waals surface area contributed by atoms with Crippen molar-refractivity contribution >= 4 is 30.1 Å². The van der Waals surface area contributed by atoms with Gasteiger partial charge in [-0.1, -0.05) is 13.8 Å². The van der Waals surface area contributed by atoms with Gasteiger partial charge >= 0.3 is 41.5 Å². The van der Waals surface area contributed by atoms with E-state index in [4.69, 9.17) is 30.1 Å². The van der Waals surface area contributed by atoms with Crippen LogP contribution in [-0.2, 0) is 11.4 Å². The zero-order valence-corrected chi connectivity index (χ0v) is 10.9. The Balaban J connectivity index is 0. The van der Waals surface area contributed by atoms with Crippen LogP contribution < -0.4 is 0 Å². The fraction of sp³-hybridized carbons (Fsp3) is 0.250. The molecule has 0 fully saturated rings. The van der Waals surface area contributed by atoms with Crippen LogP contribution in [0, 0.1) is 19.9 Å². The summed E-state index contributed by atoms with van der Waals surface area (Å²) in [5.41, 5.74) is 2.52. The smallest absolute Gasteiger partial charge is 0.693 e. The second kappa shape index (κ2) is 9.15. The fourth-order valence-electron chi connectivity index (χ4n) is 0.736. The Kier molecular flexibility index (Phi) is 11.3. The molecule has 77 valence electrons. The molecule has 0 aliphatic heterocycles. The number of nitrogens with two attached hydrogens (primary N) is 1. The molecule has 2 N–H and O–H groups in total. The second-order valence-corrected chi connectivity index (χ2v) is 8.54. The predicted octanol–water partition coefficient (Wildman–Crippen LogP) is 4.89. The number of rotatable bonds is 0. The molecule has 0 bridgehead atoms. The average Bonchev–Trinajstić information content (AvgIpc) is 1.84. The van der Waals surface area contributed by atoms with Crippen LogP contribution in [-0.4, -0.2) is 0 Å². The predicted molar refractivity (Wildman–Crippen MR) is 57.6 cm³/mol. The van der Waals surface area contributed by atoms with Crippen molar-refractivity contribution in [3.63, 3.8) is 0 Å². The van der Waals surface area contributed by atoms with Crippen LogP contribution in [0.2, 0.25) is 0 Å². The third-order valence-corrected chi connectivity index (χ3v) is 1.10. The summed E-state index contributed by atoms with van der Waals surface area (Å²) in [4.78, 5) is 0. The van der Waals surface area contributed by atoms with Crippen molar-refractivity contribution in [3.05, 3.63) is 41.5 Å². The zero-order chi connectivity index (χ0) is 9.56. The van der Waals surface area contributed by atoms with E-state index in [0.717, 1.165) is 0 Å². The Morgan fingerprint density at radius 1 is 1.23 bits per heavy atom. The maximum absolute atomic E-state index is 4.93. The van der Waals surface area contributed by atoms with Gasteiger partial charge in [-0.3, -0.25) is 0 Å². The monoisotopic (exact) mass is 278 g/mol. The first-order chi connectivity index (χ1) is 5.52. The Morgan fingerprint density at radius 2 is 1.69 bits per heavy atom. The summed E-state index contributed by atoms with van der Waals surface area (Å²) in [6.45, 7) is 4.13. The Morgan fingerprint density at radius 3 is 1.92 bits per heavy atom. The molecule has 0 saturated heterocycles. The number of benzene rings is 1. The largest absolute Gasteiger partial charge is 0.693 e. The molecule has 0 aliphatic rings. The van der Waals surface area contributed by atoms with Crippen molar-refractivity contribution < 1.29 is 11.4 Å². The molecule has 13 heavy (non-hydrogen) atoms. The van der Waals surface area contributed by atoms with Crippen LogP contribution in [0.3, 0.4) is 0 Å². The minimum Gasteiger partial charge on any atom is -0.693 e.